The Hall–Kier alpha value is -1.75. The summed E-state index contributed by atoms with van der Waals surface area (Å²) in [4.78, 5) is 11.1. The maximum Gasteiger partial charge on any atom is 0.341 e. The van der Waals surface area contributed by atoms with Crippen LogP contribution in [0.25, 0.3) is 0 Å². The highest BCUT2D eigenvalue weighted by molar-refractivity contribution is 5.92. The number of phenolic OH excluding ortho intramolecular Hbond substituents is 1. The van der Waals surface area contributed by atoms with Gasteiger partial charge in [0, 0.05) is 18.3 Å². The van der Waals surface area contributed by atoms with Crippen molar-refractivity contribution in [2.24, 2.45) is 0 Å². The number of aromatic hydroxyl groups is 1. The molecule has 3 N–H and O–H groups in total. The van der Waals surface area contributed by atoms with E-state index in [1.54, 1.807) is 6.07 Å². The SMILES string of the molecule is COC(=O)c1ccc(NCCO)cc1O. The third-order valence-electron chi connectivity index (χ3n) is 1.84. The summed E-state index contributed by atoms with van der Waals surface area (Å²) in [6.07, 6.45) is 0. The maximum absolute atomic E-state index is 11.1. The van der Waals surface area contributed by atoms with Crippen LogP contribution in [0.3, 0.4) is 0 Å². The van der Waals surface area contributed by atoms with Crippen molar-refractivity contribution in [3.05, 3.63) is 23.8 Å². The average molecular weight is 211 g/mol. The summed E-state index contributed by atoms with van der Waals surface area (Å²) in [7, 11) is 1.25. The van der Waals surface area contributed by atoms with Gasteiger partial charge in [-0.1, -0.05) is 0 Å². The first-order chi connectivity index (χ1) is 7.19. The first kappa shape index (κ1) is 11.3. The molecule has 82 valence electrons. The number of ether oxygens (including phenoxy) is 1. The smallest absolute Gasteiger partial charge is 0.341 e. The van der Waals surface area contributed by atoms with E-state index in [-0.39, 0.29) is 17.9 Å². The van der Waals surface area contributed by atoms with Gasteiger partial charge in [0.05, 0.1) is 13.7 Å². The molecule has 0 aliphatic heterocycles. The van der Waals surface area contributed by atoms with E-state index in [4.69, 9.17) is 5.11 Å². The van der Waals surface area contributed by atoms with Gasteiger partial charge < -0.3 is 20.3 Å². The third-order valence-corrected chi connectivity index (χ3v) is 1.84. The highest BCUT2D eigenvalue weighted by Gasteiger charge is 2.11. The number of aliphatic hydroxyl groups excluding tert-OH is 1. The number of hydrogen-bond acceptors (Lipinski definition) is 5. The lowest BCUT2D eigenvalue weighted by atomic mass is 10.2. The highest BCUT2D eigenvalue weighted by Crippen LogP contribution is 2.22. The number of hydrogen-bond donors (Lipinski definition) is 3. The second-order valence-electron chi connectivity index (χ2n) is 2.87. The number of aliphatic hydroxyl groups is 1. The van der Waals surface area contributed by atoms with Crippen molar-refractivity contribution >= 4 is 11.7 Å². The zero-order chi connectivity index (χ0) is 11.3. The zero-order valence-corrected chi connectivity index (χ0v) is 8.36. The molecule has 0 saturated carbocycles. The number of anilines is 1. The minimum atomic E-state index is -0.582. The van der Waals surface area contributed by atoms with E-state index in [1.807, 2.05) is 0 Å². The van der Waals surface area contributed by atoms with Crippen molar-refractivity contribution < 1.29 is 19.7 Å². The Bertz CT molecular complexity index is 351. The first-order valence-corrected chi connectivity index (χ1v) is 4.45. The van der Waals surface area contributed by atoms with E-state index in [0.29, 0.717) is 12.2 Å². The van der Waals surface area contributed by atoms with E-state index in [9.17, 15) is 9.90 Å². The van der Waals surface area contributed by atoms with Gasteiger partial charge in [-0.2, -0.15) is 0 Å². The van der Waals surface area contributed by atoms with Crippen molar-refractivity contribution in [1.29, 1.82) is 0 Å². The molecule has 0 aromatic heterocycles. The molecule has 0 fully saturated rings. The van der Waals surface area contributed by atoms with Gasteiger partial charge in [0.25, 0.3) is 0 Å². The largest absolute Gasteiger partial charge is 0.507 e. The lowest BCUT2D eigenvalue weighted by molar-refractivity contribution is 0.0597. The minimum absolute atomic E-state index is 0.000481. The molecular formula is C10H13NO4. The fraction of sp³-hybridized carbons (Fsp3) is 0.300. The maximum atomic E-state index is 11.1. The molecule has 0 aliphatic carbocycles. The number of nitrogens with one attached hydrogen (secondary N) is 1. The van der Waals surface area contributed by atoms with E-state index in [1.165, 1.54) is 19.2 Å². The van der Waals surface area contributed by atoms with Crippen LogP contribution in [-0.2, 0) is 4.74 Å². The Morgan fingerprint density at radius 1 is 1.53 bits per heavy atom. The molecule has 0 aliphatic rings. The van der Waals surface area contributed by atoms with E-state index >= 15 is 0 Å². The lowest BCUT2D eigenvalue weighted by Gasteiger charge is -2.07. The first-order valence-electron chi connectivity index (χ1n) is 4.45. The van der Waals surface area contributed by atoms with Crippen molar-refractivity contribution in [1.82, 2.24) is 0 Å². The summed E-state index contributed by atoms with van der Waals surface area (Å²) >= 11 is 0. The number of rotatable bonds is 4. The molecule has 5 heteroatoms. The number of benzene rings is 1. The van der Waals surface area contributed by atoms with Gasteiger partial charge in [-0.3, -0.25) is 0 Å². The van der Waals surface area contributed by atoms with Gasteiger partial charge in [-0.15, -0.1) is 0 Å². The standard InChI is InChI=1S/C10H13NO4/c1-15-10(14)8-3-2-7(6-9(8)13)11-4-5-12/h2-3,6,11-13H,4-5H2,1H3. The van der Waals surface area contributed by atoms with Gasteiger partial charge in [0.1, 0.15) is 11.3 Å². The molecule has 1 rings (SSSR count). The summed E-state index contributed by atoms with van der Waals surface area (Å²) in [6.45, 7) is 0.385. The Balaban J connectivity index is 2.83. The normalized spacial score (nSPS) is 9.73. The van der Waals surface area contributed by atoms with Gasteiger partial charge in [-0.05, 0) is 12.1 Å². The average Bonchev–Trinajstić information content (AvgIpc) is 2.25. The Labute approximate surface area is 87.3 Å². The number of methoxy groups -OCH3 is 1. The van der Waals surface area contributed by atoms with E-state index in [2.05, 4.69) is 10.1 Å². The molecule has 5 nitrogen and oxygen atoms in total. The molecule has 0 saturated heterocycles. The number of phenols is 1. The van der Waals surface area contributed by atoms with E-state index in [0.717, 1.165) is 0 Å². The molecule has 0 spiro atoms. The summed E-state index contributed by atoms with van der Waals surface area (Å²) < 4.78 is 4.48. The number of esters is 1. The monoisotopic (exact) mass is 211 g/mol. The molecule has 0 unspecified atom stereocenters. The molecule has 0 atom stereocenters. The van der Waals surface area contributed by atoms with Gasteiger partial charge in [-0.25, -0.2) is 4.79 Å². The fourth-order valence-corrected chi connectivity index (χ4v) is 1.12. The Morgan fingerprint density at radius 3 is 2.80 bits per heavy atom. The molecule has 1 aromatic carbocycles. The topological polar surface area (TPSA) is 78.8 Å². The van der Waals surface area contributed by atoms with Crippen LogP contribution in [0.1, 0.15) is 10.4 Å². The Morgan fingerprint density at radius 2 is 2.27 bits per heavy atom. The quantitative estimate of drug-likeness (QED) is 0.635. The summed E-state index contributed by atoms with van der Waals surface area (Å²) in [5, 5.41) is 20.9. The van der Waals surface area contributed by atoms with Crippen LogP contribution in [0.2, 0.25) is 0 Å². The molecule has 1 aromatic rings. The van der Waals surface area contributed by atoms with Crippen LogP contribution in [0, 0.1) is 0 Å². The minimum Gasteiger partial charge on any atom is -0.507 e. The van der Waals surface area contributed by atoms with Crippen molar-refractivity contribution in [2.75, 3.05) is 25.6 Å². The van der Waals surface area contributed by atoms with Gasteiger partial charge in [0.15, 0.2) is 0 Å². The molecule has 0 bridgehead atoms. The van der Waals surface area contributed by atoms with Crippen LogP contribution in [0.15, 0.2) is 18.2 Å². The number of carbonyl (C=O) groups is 1. The predicted octanol–water partition coefficient (Wildman–Crippen LogP) is 0.583. The van der Waals surface area contributed by atoms with Crippen LogP contribution in [-0.4, -0.2) is 36.4 Å². The molecular weight excluding hydrogens is 198 g/mol. The summed E-state index contributed by atoms with van der Waals surface area (Å²) in [5.41, 5.74) is 0.751. The van der Waals surface area contributed by atoms with Gasteiger partial charge >= 0.3 is 5.97 Å². The van der Waals surface area contributed by atoms with Gasteiger partial charge in [0.2, 0.25) is 0 Å². The van der Waals surface area contributed by atoms with Crippen molar-refractivity contribution in [3.63, 3.8) is 0 Å². The fourth-order valence-electron chi connectivity index (χ4n) is 1.12. The second-order valence-corrected chi connectivity index (χ2v) is 2.87. The molecule has 0 amide bonds. The predicted molar refractivity (Wildman–Crippen MR) is 55.0 cm³/mol. The van der Waals surface area contributed by atoms with Crippen LogP contribution < -0.4 is 5.32 Å². The number of carbonyl (C=O) groups excluding carboxylic acids is 1. The van der Waals surface area contributed by atoms with Crippen LogP contribution in [0.4, 0.5) is 5.69 Å². The molecule has 0 radical (unpaired) electrons. The highest BCUT2D eigenvalue weighted by atomic mass is 16.5. The summed E-state index contributed by atoms with van der Waals surface area (Å²) in [6, 6.07) is 4.49. The summed E-state index contributed by atoms with van der Waals surface area (Å²) in [5.74, 6) is -0.731. The Kier molecular flexibility index (Phi) is 3.93. The second kappa shape index (κ2) is 5.21. The van der Waals surface area contributed by atoms with Crippen molar-refractivity contribution in [3.8, 4) is 5.75 Å². The third kappa shape index (κ3) is 2.85. The molecule has 15 heavy (non-hydrogen) atoms. The zero-order valence-electron chi connectivity index (χ0n) is 8.36. The van der Waals surface area contributed by atoms with Crippen molar-refractivity contribution in [2.45, 2.75) is 0 Å². The lowest BCUT2D eigenvalue weighted by Crippen LogP contribution is -2.06. The van der Waals surface area contributed by atoms with Crippen LogP contribution >= 0.6 is 0 Å². The van der Waals surface area contributed by atoms with E-state index < -0.39 is 5.97 Å². The molecule has 0 heterocycles. The van der Waals surface area contributed by atoms with Crippen LogP contribution in [0.5, 0.6) is 5.75 Å².